The highest BCUT2D eigenvalue weighted by molar-refractivity contribution is 7.99. The Hall–Kier alpha value is -2.10. The lowest BCUT2D eigenvalue weighted by molar-refractivity contribution is -0.384. The van der Waals surface area contributed by atoms with Crippen molar-refractivity contribution >= 4 is 33.2 Å². The number of sulfonamides is 1. The van der Waals surface area contributed by atoms with Crippen molar-refractivity contribution in [3.05, 3.63) is 58.6 Å². The Labute approximate surface area is 144 Å². The number of nitro groups is 1. The van der Waals surface area contributed by atoms with E-state index in [0.717, 1.165) is 11.0 Å². The number of hydrogen-bond acceptors (Lipinski definition) is 6. The summed E-state index contributed by atoms with van der Waals surface area (Å²) >= 11 is 1.62. The molecule has 9 heteroatoms. The number of hydrogen-bond donors (Lipinski definition) is 2. The fraction of sp³-hybridized carbons (Fsp3) is 0.200. The van der Waals surface area contributed by atoms with E-state index in [-0.39, 0.29) is 22.3 Å². The van der Waals surface area contributed by atoms with Crippen molar-refractivity contribution in [1.82, 2.24) is 0 Å². The normalized spacial score (nSPS) is 12.6. The Morgan fingerprint density at radius 3 is 2.50 bits per heavy atom. The SMILES string of the molecule is C[C@H](CSc1ccccc1)Nc1ccc(S(N)(=O)=O)cc1[N+](=O)[O-]. The second-order valence-corrected chi connectivity index (χ2v) is 7.81. The Balaban J connectivity index is 2.12. The van der Waals surface area contributed by atoms with Crippen LogP contribution in [-0.4, -0.2) is 25.1 Å². The summed E-state index contributed by atoms with van der Waals surface area (Å²) in [5, 5.41) is 19.2. The van der Waals surface area contributed by atoms with E-state index in [1.54, 1.807) is 11.8 Å². The number of rotatable bonds is 7. The van der Waals surface area contributed by atoms with Gasteiger partial charge in [0.1, 0.15) is 5.69 Å². The summed E-state index contributed by atoms with van der Waals surface area (Å²) in [6, 6.07) is 13.3. The maximum atomic E-state index is 11.3. The van der Waals surface area contributed by atoms with Gasteiger partial charge in [-0.1, -0.05) is 18.2 Å². The number of nitrogens with two attached hydrogens (primary N) is 1. The predicted octanol–water partition coefficient (Wildman–Crippen LogP) is 2.83. The summed E-state index contributed by atoms with van der Waals surface area (Å²) < 4.78 is 22.7. The largest absolute Gasteiger partial charge is 0.376 e. The van der Waals surface area contributed by atoms with Crippen LogP contribution >= 0.6 is 11.8 Å². The van der Waals surface area contributed by atoms with Gasteiger partial charge in [-0.25, -0.2) is 13.6 Å². The van der Waals surface area contributed by atoms with Crippen molar-refractivity contribution in [2.75, 3.05) is 11.1 Å². The van der Waals surface area contributed by atoms with Crippen molar-refractivity contribution in [2.24, 2.45) is 5.14 Å². The molecule has 0 saturated carbocycles. The molecule has 0 aromatic heterocycles. The molecule has 0 aliphatic rings. The van der Waals surface area contributed by atoms with Crippen molar-refractivity contribution in [3.63, 3.8) is 0 Å². The van der Waals surface area contributed by atoms with Crippen molar-refractivity contribution in [2.45, 2.75) is 22.8 Å². The average Bonchev–Trinajstić information content (AvgIpc) is 2.53. The second kappa shape index (κ2) is 7.65. The molecule has 2 aromatic rings. The highest BCUT2D eigenvalue weighted by Crippen LogP contribution is 2.28. The molecule has 0 spiro atoms. The van der Waals surface area contributed by atoms with Gasteiger partial charge in [-0.15, -0.1) is 11.8 Å². The van der Waals surface area contributed by atoms with Crippen molar-refractivity contribution < 1.29 is 13.3 Å². The molecular weight excluding hydrogens is 350 g/mol. The fourth-order valence-corrected chi connectivity index (χ4v) is 3.42. The van der Waals surface area contributed by atoms with Gasteiger partial charge < -0.3 is 5.32 Å². The van der Waals surface area contributed by atoms with E-state index in [1.165, 1.54) is 12.1 Å². The van der Waals surface area contributed by atoms with Gasteiger partial charge in [-0.2, -0.15) is 0 Å². The van der Waals surface area contributed by atoms with Crippen molar-refractivity contribution in [1.29, 1.82) is 0 Å². The lowest BCUT2D eigenvalue weighted by atomic mass is 10.2. The van der Waals surface area contributed by atoms with Crippen LogP contribution in [0.4, 0.5) is 11.4 Å². The van der Waals surface area contributed by atoms with Gasteiger partial charge in [-0.3, -0.25) is 10.1 Å². The molecule has 2 aromatic carbocycles. The van der Waals surface area contributed by atoms with E-state index in [2.05, 4.69) is 5.32 Å². The molecule has 0 aliphatic carbocycles. The summed E-state index contributed by atoms with van der Waals surface area (Å²) in [6.45, 7) is 1.90. The third-order valence-corrected chi connectivity index (χ3v) is 5.32. The summed E-state index contributed by atoms with van der Waals surface area (Å²) in [7, 11) is -3.99. The van der Waals surface area contributed by atoms with Crippen LogP contribution in [-0.2, 0) is 10.0 Å². The monoisotopic (exact) mass is 367 g/mol. The van der Waals surface area contributed by atoms with Gasteiger partial charge in [0.2, 0.25) is 10.0 Å². The van der Waals surface area contributed by atoms with E-state index in [1.807, 2.05) is 37.3 Å². The quantitative estimate of drug-likeness (QED) is 0.442. The average molecular weight is 367 g/mol. The summed E-state index contributed by atoms with van der Waals surface area (Å²) in [6.07, 6.45) is 0. The maximum absolute atomic E-state index is 11.3. The molecule has 0 bridgehead atoms. The first-order chi connectivity index (χ1) is 11.3. The van der Waals surface area contributed by atoms with Gasteiger partial charge >= 0.3 is 0 Å². The molecule has 0 saturated heterocycles. The molecule has 24 heavy (non-hydrogen) atoms. The topological polar surface area (TPSA) is 115 Å². The van der Waals surface area contributed by atoms with E-state index in [4.69, 9.17) is 5.14 Å². The molecular formula is C15H17N3O4S2. The van der Waals surface area contributed by atoms with E-state index < -0.39 is 14.9 Å². The number of anilines is 1. The standard InChI is InChI=1S/C15H17N3O4S2/c1-11(10-23-12-5-3-2-4-6-12)17-14-8-7-13(24(16,21)22)9-15(14)18(19)20/h2-9,11,17H,10H2,1H3,(H2,16,21,22)/t11-/m1/s1. The Kier molecular flexibility index (Phi) is 5.81. The van der Waals surface area contributed by atoms with Gasteiger partial charge in [0.25, 0.3) is 5.69 Å². The zero-order valence-corrected chi connectivity index (χ0v) is 14.5. The first-order valence-electron chi connectivity index (χ1n) is 7.03. The molecule has 0 heterocycles. The lowest BCUT2D eigenvalue weighted by Gasteiger charge is -2.15. The minimum absolute atomic E-state index is 0.0609. The zero-order chi connectivity index (χ0) is 17.7. The first-order valence-corrected chi connectivity index (χ1v) is 9.56. The van der Waals surface area contributed by atoms with Crippen LogP contribution in [0.2, 0.25) is 0 Å². The second-order valence-electron chi connectivity index (χ2n) is 5.15. The summed E-state index contributed by atoms with van der Waals surface area (Å²) in [5.74, 6) is 0.693. The van der Waals surface area contributed by atoms with Gasteiger partial charge in [0, 0.05) is 22.8 Å². The molecule has 3 N–H and O–H groups in total. The van der Waals surface area contributed by atoms with Gasteiger partial charge in [0.15, 0.2) is 0 Å². The zero-order valence-electron chi connectivity index (χ0n) is 12.9. The number of benzene rings is 2. The Bertz CT molecular complexity index is 826. The van der Waals surface area contributed by atoms with Gasteiger partial charge in [-0.05, 0) is 31.2 Å². The third-order valence-electron chi connectivity index (χ3n) is 3.14. The molecule has 1 atom stereocenters. The summed E-state index contributed by atoms with van der Waals surface area (Å²) in [4.78, 5) is 11.4. The highest BCUT2D eigenvalue weighted by atomic mass is 32.2. The van der Waals surface area contributed by atoms with E-state index in [0.29, 0.717) is 5.75 Å². The van der Waals surface area contributed by atoms with Crippen LogP contribution < -0.4 is 10.5 Å². The number of nitrogens with zero attached hydrogens (tertiary/aromatic N) is 1. The molecule has 2 rings (SSSR count). The Morgan fingerprint density at radius 2 is 1.92 bits per heavy atom. The maximum Gasteiger partial charge on any atom is 0.293 e. The molecule has 128 valence electrons. The number of thioether (sulfide) groups is 1. The molecule has 0 amide bonds. The van der Waals surface area contributed by atoms with E-state index >= 15 is 0 Å². The van der Waals surface area contributed by atoms with Crippen LogP contribution in [0.5, 0.6) is 0 Å². The molecule has 0 fully saturated rings. The van der Waals surface area contributed by atoms with E-state index in [9.17, 15) is 18.5 Å². The van der Waals surface area contributed by atoms with Crippen LogP contribution in [0.1, 0.15) is 6.92 Å². The molecule has 7 nitrogen and oxygen atoms in total. The smallest absolute Gasteiger partial charge is 0.293 e. The third kappa shape index (κ3) is 4.95. The minimum Gasteiger partial charge on any atom is -0.376 e. The van der Waals surface area contributed by atoms with Crippen LogP contribution in [0.3, 0.4) is 0 Å². The van der Waals surface area contributed by atoms with Gasteiger partial charge in [0.05, 0.1) is 9.82 Å². The first kappa shape index (κ1) is 18.2. The Morgan fingerprint density at radius 1 is 1.25 bits per heavy atom. The molecule has 0 radical (unpaired) electrons. The van der Waals surface area contributed by atoms with Crippen molar-refractivity contribution in [3.8, 4) is 0 Å². The number of nitro benzene ring substituents is 1. The number of nitrogens with one attached hydrogen (secondary N) is 1. The predicted molar refractivity (Wildman–Crippen MR) is 94.7 cm³/mol. The lowest BCUT2D eigenvalue weighted by Crippen LogP contribution is -2.19. The van der Waals surface area contributed by atoms with Crippen LogP contribution in [0.15, 0.2) is 58.3 Å². The molecule has 0 unspecified atom stereocenters. The molecule has 0 aliphatic heterocycles. The fourth-order valence-electron chi connectivity index (χ4n) is 2.01. The van der Waals surface area contributed by atoms with Crippen LogP contribution in [0.25, 0.3) is 0 Å². The van der Waals surface area contributed by atoms with Crippen LogP contribution in [0, 0.1) is 10.1 Å². The number of primary sulfonamides is 1. The highest BCUT2D eigenvalue weighted by Gasteiger charge is 2.20. The summed E-state index contributed by atoms with van der Waals surface area (Å²) in [5.41, 5.74) is -0.0633. The minimum atomic E-state index is -3.99.